The highest BCUT2D eigenvalue weighted by atomic mass is 127. The van der Waals surface area contributed by atoms with Gasteiger partial charge in [0.1, 0.15) is 5.82 Å². The number of anilines is 1. The van der Waals surface area contributed by atoms with E-state index in [0.717, 1.165) is 14.7 Å². The number of benzene rings is 1. The number of nitrogens with zero attached hydrogens (tertiary/aromatic N) is 1. The summed E-state index contributed by atoms with van der Waals surface area (Å²) >= 11 is 2.07. The normalized spacial score (nSPS) is 11.1. The molecular weight excluding hydrogens is 334 g/mol. The molecule has 1 aromatic heterocycles. The van der Waals surface area contributed by atoms with Crippen LogP contribution in [0.15, 0.2) is 22.7 Å². The zero-order valence-electron chi connectivity index (χ0n) is 9.50. The Morgan fingerprint density at radius 2 is 2.12 bits per heavy atom. The Labute approximate surface area is 112 Å². The molecule has 0 bridgehead atoms. The summed E-state index contributed by atoms with van der Waals surface area (Å²) in [6, 6.07) is 4.54. The Hall–Kier alpha value is -1.11. The highest BCUT2D eigenvalue weighted by Gasteiger charge is 2.20. The number of rotatable bonds is 2. The van der Waals surface area contributed by atoms with Gasteiger partial charge in [0.25, 0.3) is 0 Å². The number of nitrogen functional groups attached to an aromatic ring is 1. The molecule has 0 amide bonds. The van der Waals surface area contributed by atoms with Gasteiger partial charge in [-0.15, -0.1) is 0 Å². The van der Waals surface area contributed by atoms with Crippen molar-refractivity contribution in [2.45, 2.75) is 19.8 Å². The van der Waals surface area contributed by atoms with Crippen LogP contribution in [0.2, 0.25) is 0 Å². The highest BCUT2D eigenvalue weighted by Crippen LogP contribution is 2.35. The van der Waals surface area contributed by atoms with Crippen LogP contribution < -0.4 is 5.73 Å². The SMILES string of the molecule is CC(C)c1c(N)noc1-c1ccc(F)cc1I. The van der Waals surface area contributed by atoms with Crippen molar-refractivity contribution in [2.75, 3.05) is 5.73 Å². The number of nitrogens with two attached hydrogens (primary N) is 1. The summed E-state index contributed by atoms with van der Waals surface area (Å²) in [4.78, 5) is 0. The molecule has 0 saturated carbocycles. The van der Waals surface area contributed by atoms with Crippen molar-refractivity contribution in [1.82, 2.24) is 5.16 Å². The van der Waals surface area contributed by atoms with Crippen molar-refractivity contribution < 1.29 is 8.91 Å². The van der Waals surface area contributed by atoms with E-state index < -0.39 is 0 Å². The van der Waals surface area contributed by atoms with Crippen molar-refractivity contribution in [3.63, 3.8) is 0 Å². The van der Waals surface area contributed by atoms with Crippen LogP contribution >= 0.6 is 22.6 Å². The van der Waals surface area contributed by atoms with Crippen molar-refractivity contribution in [1.29, 1.82) is 0 Å². The van der Waals surface area contributed by atoms with Crippen molar-refractivity contribution >= 4 is 28.4 Å². The van der Waals surface area contributed by atoms with Gasteiger partial charge in [-0.1, -0.05) is 19.0 Å². The van der Waals surface area contributed by atoms with Crippen LogP contribution in [0, 0.1) is 9.39 Å². The predicted octanol–water partition coefficient (Wildman–Crippen LogP) is 3.79. The van der Waals surface area contributed by atoms with Crippen LogP contribution in [0.3, 0.4) is 0 Å². The van der Waals surface area contributed by atoms with Gasteiger partial charge in [-0.2, -0.15) is 0 Å². The third-order valence-electron chi connectivity index (χ3n) is 2.51. The van der Waals surface area contributed by atoms with E-state index in [-0.39, 0.29) is 11.7 Å². The van der Waals surface area contributed by atoms with Gasteiger partial charge < -0.3 is 10.3 Å². The van der Waals surface area contributed by atoms with Gasteiger partial charge in [0.2, 0.25) is 0 Å². The Balaban J connectivity index is 2.61. The number of halogens is 2. The monoisotopic (exact) mass is 346 g/mol. The van der Waals surface area contributed by atoms with Gasteiger partial charge in [0.15, 0.2) is 11.6 Å². The third kappa shape index (κ3) is 2.29. The lowest BCUT2D eigenvalue weighted by molar-refractivity contribution is 0.434. The standard InChI is InChI=1S/C12H12FIN2O/c1-6(2)10-11(17-16-12(10)15)8-4-3-7(13)5-9(8)14/h3-6H,1-2H3,(H2,15,16). The lowest BCUT2D eigenvalue weighted by Gasteiger charge is -2.07. The minimum atomic E-state index is -0.267. The lowest BCUT2D eigenvalue weighted by Crippen LogP contribution is -1.96. The summed E-state index contributed by atoms with van der Waals surface area (Å²) in [5.41, 5.74) is 7.47. The second-order valence-electron chi connectivity index (χ2n) is 4.09. The molecule has 2 N–H and O–H groups in total. The molecule has 0 aliphatic heterocycles. The molecule has 2 aromatic rings. The van der Waals surface area contributed by atoms with Crippen LogP contribution in [-0.2, 0) is 0 Å². The molecule has 1 heterocycles. The average Bonchev–Trinajstić information content (AvgIpc) is 2.60. The largest absolute Gasteiger partial charge is 0.381 e. The summed E-state index contributed by atoms with van der Waals surface area (Å²) < 4.78 is 19.1. The topological polar surface area (TPSA) is 52.0 Å². The van der Waals surface area contributed by atoms with E-state index in [1.165, 1.54) is 12.1 Å². The van der Waals surface area contributed by atoms with E-state index in [1.807, 2.05) is 13.8 Å². The van der Waals surface area contributed by atoms with Crippen LogP contribution in [0.5, 0.6) is 0 Å². The zero-order valence-corrected chi connectivity index (χ0v) is 11.7. The fraction of sp³-hybridized carbons (Fsp3) is 0.250. The fourth-order valence-corrected chi connectivity index (χ4v) is 2.46. The maximum atomic E-state index is 13.1. The quantitative estimate of drug-likeness (QED) is 0.842. The van der Waals surface area contributed by atoms with Gasteiger partial charge in [-0.3, -0.25) is 0 Å². The molecule has 3 nitrogen and oxygen atoms in total. The van der Waals surface area contributed by atoms with E-state index in [0.29, 0.717) is 11.6 Å². The van der Waals surface area contributed by atoms with E-state index in [1.54, 1.807) is 6.07 Å². The molecule has 17 heavy (non-hydrogen) atoms. The van der Waals surface area contributed by atoms with Crippen molar-refractivity contribution in [3.8, 4) is 11.3 Å². The van der Waals surface area contributed by atoms with Crippen LogP contribution in [0.4, 0.5) is 10.2 Å². The molecule has 1 aromatic carbocycles. The molecular formula is C12H12FIN2O. The van der Waals surface area contributed by atoms with Gasteiger partial charge >= 0.3 is 0 Å². The fourth-order valence-electron chi connectivity index (χ4n) is 1.74. The Kier molecular flexibility index (Phi) is 3.37. The minimum absolute atomic E-state index is 0.206. The van der Waals surface area contributed by atoms with E-state index in [4.69, 9.17) is 10.3 Å². The van der Waals surface area contributed by atoms with Crippen LogP contribution in [0.25, 0.3) is 11.3 Å². The molecule has 0 fully saturated rings. The smallest absolute Gasteiger partial charge is 0.173 e. The molecule has 0 radical (unpaired) electrons. The molecule has 90 valence electrons. The van der Waals surface area contributed by atoms with E-state index in [9.17, 15) is 4.39 Å². The summed E-state index contributed by atoms with van der Waals surface area (Å²) in [5, 5.41) is 3.78. The summed E-state index contributed by atoms with van der Waals surface area (Å²) in [6.07, 6.45) is 0. The molecule has 0 spiro atoms. The highest BCUT2D eigenvalue weighted by molar-refractivity contribution is 14.1. The lowest BCUT2D eigenvalue weighted by atomic mass is 9.99. The second-order valence-corrected chi connectivity index (χ2v) is 5.25. The third-order valence-corrected chi connectivity index (χ3v) is 3.40. The number of hydrogen-bond donors (Lipinski definition) is 1. The maximum absolute atomic E-state index is 13.1. The minimum Gasteiger partial charge on any atom is -0.381 e. The van der Waals surface area contributed by atoms with Gasteiger partial charge in [0.05, 0.1) is 0 Å². The summed E-state index contributed by atoms with van der Waals surface area (Å²) in [6.45, 7) is 4.03. The average molecular weight is 346 g/mol. The first-order valence-corrected chi connectivity index (χ1v) is 6.29. The second kappa shape index (κ2) is 4.64. The molecule has 0 unspecified atom stereocenters. The Morgan fingerprint density at radius 1 is 1.41 bits per heavy atom. The zero-order chi connectivity index (χ0) is 12.6. The van der Waals surface area contributed by atoms with Crippen molar-refractivity contribution in [2.24, 2.45) is 0 Å². The number of aromatic nitrogens is 1. The Bertz CT molecular complexity index is 551. The molecule has 0 atom stereocenters. The number of hydrogen-bond acceptors (Lipinski definition) is 3. The van der Waals surface area contributed by atoms with Gasteiger partial charge in [-0.25, -0.2) is 4.39 Å². The van der Waals surface area contributed by atoms with Crippen LogP contribution in [-0.4, -0.2) is 5.16 Å². The Morgan fingerprint density at radius 3 is 2.71 bits per heavy atom. The van der Waals surface area contributed by atoms with Crippen LogP contribution in [0.1, 0.15) is 25.3 Å². The van der Waals surface area contributed by atoms with E-state index in [2.05, 4.69) is 27.7 Å². The first-order chi connectivity index (χ1) is 8.00. The summed E-state index contributed by atoms with van der Waals surface area (Å²) in [7, 11) is 0. The van der Waals surface area contributed by atoms with E-state index >= 15 is 0 Å². The van der Waals surface area contributed by atoms with Gasteiger partial charge in [0, 0.05) is 14.7 Å². The molecule has 2 rings (SSSR count). The molecule has 5 heteroatoms. The molecule has 0 aliphatic carbocycles. The first-order valence-electron chi connectivity index (χ1n) is 5.21. The molecule has 0 aliphatic rings. The molecule has 0 saturated heterocycles. The first kappa shape index (κ1) is 12.3. The maximum Gasteiger partial charge on any atom is 0.173 e. The summed E-state index contributed by atoms with van der Waals surface area (Å²) in [5.74, 6) is 0.964. The van der Waals surface area contributed by atoms with Gasteiger partial charge in [-0.05, 0) is 46.7 Å². The predicted molar refractivity (Wildman–Crippen MR) is 73.1 cm³/mol. The van der Waals surface area contributed by atoms with Crippen molar-refractivity contribution in [3.05, 3.63) is 33.1 Å².